The Labute approximate surface area is 184 Å². The van der Waals surface area contributed by atoms with E-state index >= 15 is 0 Å². The highest BCUT2D eigenvalue weighted by atomic mass is 79.9. The van der Waals surface area contributed by atoms with Crippen LogP contribution in [0.15, 0.2) is 64.3 Å². The van der Waals surface area contributed by atoms with Gasteiger partial charge in [-0.3, -0.25) is 15.5 Å². The number of pyridine rings is 1. The van der Waals surface area contributed by atoms with Crippen LogP contribution >= 0.6 is 39.1 Å². The maximum absolute atomic E-state index is 11.0. The number of hydrogen-bond acceptors (Lipinski definition) is 6. The number of aromatic nitrogens is 1. The monoisotopic (exact) mass is 494 g/mol. The average Bonchev–Trinajstić information content (AvgIpc) is 2.69. The number of ether oxygens (including phenoxy) is 1. The van der Waals surface area contributed by atoms with Gasteiger partial charge in [-0.2, -0.15) is 5.10 Å². The highest BCUT2D eigenvalue weighted by Crippen LogP contribution is 2.35. The molecule has 0 amide bonds. The lowest BCUT2D eigenvalue weighted by atomic mass is 10.2. The molecule has 1 heterocycles. The summed E-state index contributed by atoms with van der Waals surface area (Å²) in [5, 5.41) is 16.0. The third-order valence-electron chi connectivity index (χ3n) is 3.72. The van der Waals surface area contributed by atoms with Gasteiger partial charge in [0.05, 0.1) is 20.6 Å². The van der Waals surface area contributed by atoms with Crippen LogP contribution in [0.25, 0.3) is 0 Å². The van der Waals surface area contributed by atoms with Crippen LogP contribution in [0, 0.1) is 10.1 Å². The molecule has 3 aromatic rings. The first-order chi connectivity index (χ1) is 14.0. The van der Waals surface area contributed by atoms with Gasteiger partial charge in [0.1, 0.15) is 6.61 Å². The number of benzene rings is 2. The van der Waals surface area contributed by atoms with Crippen LogP contribution < -0.4 is 10.2 Å². The predicted molar refractivity (Wildman–Crippen MR) is 117 cm³/mol. The van der Waals surface area contributed by atoms with Gasteiger partial charge in [0, 0.05) is 22.8 Å². The Hall–Kier alpha value is -2.68. The molecular formula is C19H13BrCl2N4O3. The van der Waals surface area contributed by atoms with Crippen LogP contribution in [0.1, 0.15) is 11.1 Å². The van der Waals surface area contributed by atoms with Crippen LogP contribution in [0.4, 0.5) is 11.5 Å². The lowest BCUT2D eigenvalue weighted by molar-refractivity contribution is -0.384. The average molecular weight is 496 g/mol. The zero-order valence-corrected chi connectivity index (χ0v) is 17.8. The van der Waals surface area contributed by atoms with Crippen LogP contribution in [-0.4, -0.2) is 16.1 Å². The van der Waals surface area contributed by atoms with E-state index in [4.69, 9.17) is 27.9 Å². The molecule has 2 aromatic carbocycles. The molecule has 0 bridgehead atoms. The number of rotatable bonds is 7. The fraction of sp³-hybridized carbons (Fsp3) is 0.0526. The SMILES string of the molecule is O=[N+]([O-])c1cccnc1N/N=C\c1cc(Cl)c(OCc2ccccc2Cl)c(Br)c1. The van der Waals surface area contributed by atoms with Gasteiger partial charge in [-0.15, -0.1) is 0 Å². The van der Waals surface area contributed by atoms with E-state index in [0.717, 1.165) is 5.56 Å². The van der Waals surface area contributed by atoms with E-state index in [-0.39, 0.29) is 18.1 Å². The molecule has 1 aromatic heterocycles. The normalized spacial score (nSPS) is 10.9. The van der Waals surface area contributed by atoms with Crippen molar-refractivity contribution in [3.8, 4) is 5.75 Å². The summed E-state index contributed by atoms with van der Waals surface area (Å²) < 4.78 is 6.42. The minimum atomic E-state index is -0.538. The van der Waals surface area contributed by atoms with E-state index in [1.54, 1.807) is 18.2 Å². The molecule has 0 aliphatic carbocycles. The van der Waals surface area contributed by atoms with Crippen molar-refractivity contribution in [1.82, 2.24) is 4.98 Å². The molecule has 1 N–H and O–H groups in total. The third kappa shape index (κ3) is 5.44. The number of nitrogens with one attached hydrogen (secondary N) is 1. The maximum Gasteiger partial charge on any atom is 0.313 e. The van der Waals surface area contributed by atoms with E-state index in [9.17, 15) is 10.1 Å². The van der Waals surface area contributed by atoms with Gasteiger partial charge in [-0.1, -0.05) is 41.4 Å². The Balaban J connectivity index is 1.71. The largest absolute Gasteiger partial charge is 0.486 e. The summed E-state index contributed by atoms with van der Waals surface area (Å²) in [6.45, 7) is 0.260. The maximum atomic E-state index is 11.0. The summed E-state index contributed by atoms with van der Waals surface area (Å²) in [6, 6.07) is 13.6. The fourth-order valence-electron chi connectivity index (χ4n) is 2.36. The Morgan fingerprint density at radius 1 is 1.21 bits per heavy atom. The number of nitro groups is 1. The molecule has 148 valence electrons. The predicted octanol–water partition coefficient (Wildman–Crippen LogP) is 6.08. The lowest BCUT2D eigenvalue weighted by Crippen LogP contribution is -2.00. The molecule has 0 spiro atoms. The quantitative estimate of drug-likeness (QED) is 0.243. The smallest absolute Gasteiger partial charge is 0.313 e. The van der Waals surface area contributed by atoms with Crippen molar-refractivity contribution in [3.05, 3.63) is 90.5 Å². The minimum absolute atomic E-state index is 0.0404. The van der Waals surface area contributed by atoms with Gasteiger partial charge in [0.2, 0.25) is 5.82 Å². The van der Waals surface area contributed by atoms with Crippen LogP contribution in [0.5, 0.6) is 5.75 Å². The van der Waals surface area contributed by atoms with Gasteiger partial charge >= 0.3 is 5.69 Å². The summed E-state index contributed by atoms with van der Waals surface area (Å²) in [6.07, 6.45) is 2.90. The molecule has 0 atom stereocenters. The third-order valence-corrected chi connectivity index (χ3v) is 4.96. The van der Waals surface area contributed by atoms with E-state index in [2.05, 4.69) is 31.4 Å². The molecule has 0 saturated carbocycles. The number of hydrazone groups is 1. The zero-order valence-electron chi connectivity index (χ0n) is 14.7. The second kappa shape index (κ2) is 9.69. The van der Waals surface area contributed by atoms with E-state index in [0.29, 0.717) is 25.8 Å². The van der Waals surface area contributed by atoms with E-state index < -0.39 is 4.92 Å². The Morgan fingerprint density at radius 2 is 2.00 bits per heavy atom. The summed E-state index contributed by atoms with van der Waals surface area (Å²) in [4.78, 5) is 14.4. The van der Waals surface area contributed by atoms with Gasteiger partial charge in [-0.25, -0.2) is 4.98 Å². The molecule has 7 nitrogen and oxygen atoms in total. The van der Waals surface area contributed by atoms with Crippen LogP contribution in [0.3, 0.4) is 0 Å². The zero-order chi connectivity index (χ0) is 20.8. The van der Waals surface area contributed by atoms with Crippen molar-refractivity contribution in [2.45, 2.75) is 6.61 Å². The van der Waals surface area contributed by atoms with Gasteiger partial charge in [-0.05, 0) is 45.8 Å². The molecule has 0 unspecified atom stereocenters. The number of halogens is 3. The molecule has 29 heavy (non-hydrogen) atoms. The molecule has 0 aliphatic heterocycles. The highest BCUT2D eigenvalue weighted by Gasteiger charge is 2.13. The highest BCUT2D eigenvalue weighted by molar-refractivity contribution is 9.10. The van der Waals surface area contributed by atoms with Crippen molar-refractivity contribution in [3.63, 3.8) is 0 Å². The second-order valence-electron chi connectivity index (χ2n) is 5.69. The topological polar surface area (TPSA) is 89.7 Å². The molecular weight excluding hydrogens is 483 g/mol. The number of hydrogen-bond donors (Lipinski definition) is 1. The second-order valence-corrected chi connectivity index (χ2v) is 7.36. The molecule has 0 saturated heterocycles. The molecule has 10 heteroatoms. The Bertz CT molecular complexity index is 1060. The van der Waals surface area contributed by atoms with E-state index in [1.165, 1.54) is 24.5 Å². The molecule has 0 radical (unpaired) electrons. The first-order valence-corrected chi connectivity index (χ1v) is 9.74. The summed E-state index contributed by atoms with van der Waals surface area (Å²) in [5.74, 6) is 0.510. The van der Waals surface area contributed by atoms with Gasteiger partial charge < -0.3 is 4.74 Å². The Morgan fingerprint density at radius 3 is 2.72 bits per heavy atom. The standard InChI is InChI=1S/C19H13BrCl2N4O3/c20-14-8-12(10-24-25-19-17(26(27)28)6-3-7-23-19)9-16(22)18(14)29-11-13-4-1-2-5-15(13)21/h1-10H,11H2,(H,23,25)/b24-10-. The summed E-state index contributed by atoms with van der Waals surface area (Å²) in [7, 11) is 0. The fourth-order valence-corrected chi connectivity index (χ4v) is 3.53. The molecule has 0 aliphatic rings. The summed E-state index contributed by atoms with van der Waals surface area (Å²) in [5.41, 5.74) is 3.88. The van der Waals surface area contributed by atoms with Crippen molar-refractivity contribution < 1.29 is 9.66 Å². The number of nitrogens with zero attached hydrogens (tertiary/aromatic N) is 3. The minimum Gasteiger partial charge on any atom is -0.486 e. The van der Waals surface area contributed by atoms with Crippen LogP contribution in [0.2, 0.25) is 10.0 Å². The van der Waals surface area contributed by atoms with Crippen molar-refractivity contribution >= 4 is 56.9 Å². The van der Waals surface area contributed by atoms with E-state index in [1.807, 2.05) is 18.2 Å². The number of anilines is 1. The summed E-state index contributed by atoms with van der Waals surface area (Å²) >= 11 is 15.9. The van der Waals surface area contributed by atoms with Crippen LogP contribution in [-0.2, 0) is 6.61 Å². The van der Waals surface area contributed by atoms with Crippen molar-refractivity contribution in [1.29, 1.82) is 0 Å². The van der Waals surface area contributed by atoms with Gasteiger partial charge in [0.15, 0.2) is 5.75 Å². The first kappa shape index (κ1) is 21.0. The van der Waals surface area contributed by atoms with Crippen molar-refractivity contribution in [2.24, 2.45) is 5.10 Å². The lowest BCUT2D eigenvalue weighted by Gasteiger charge is -2.12. The first-order valence-electron chi connectivity index (χ1n) is 8.19. The Kier molecular flexibility index (Phi) is 7.03. The molecule has 3 rings (SSSR count). The van der Waals surface area contributed by atoms with Gasteiger partial charge in [0.25, 0.3) is 0 Å². The molecule has 0 fully saturated rings. The van der Waals surface area contributed by atoms with Crippen molar-refractivity contribution in [2.75, 3.05) is 5.43 Å².